The van der Waals surface area contributed by atoms with Gasteiger partial charge in [-0.05, 0) is 54.8 Å². The van der Waals surface area contributed by atoms with Crippen molar-refractivity contribution in [3.05, 3.63) is 94.9 Å². The maximum absolute atomic E-state index is 12.4. The molecule has 2 N–H and O–H groups in total. The predicted octanol–water partition coefficient (Wildman–Crippen LogP) is 3.53. The van der Waals surface area contributed by atoms with Crippen LogP contribution < -0.4 is 10.6 Å². The zero-order valence-electron chi connectivity index (χ0n) is 15.4. The molecule has 5 heteroatoms. The van der Waals surface area contributed by atoms with Crippen LogP contribution in [-0.4, -0.2) is 18.4 Å². The number of hydrogen-bond donors (Lipinski definition) is 2. The van der Waals surface area contributed by atoms with Crippen molar-refractivity contribution in [3.63, 3.8) is 0 Å². The highest BCUT2D eigenvalue weighted by Gasteiger charge is 2.19. The Morgan fingerprint density at radius 1 is 0.963 bits per heavy atom. The van der Waals surface area contributed by atoms with Crippen LogP contribution in [0.4, 0.5) is 0 Å². The summed E-state index contributed by atoms with van der Waals surface area (Å²) in [6, 6.07) is 18.2. The second-order valence-corrected chi connectivity index (χ2v) is 6.41. The van der Waals surface area contributed by atoms with E-state index in [0.29, 0.717) is 11.3 Å². The number of amides is 2. The second-order valence-electron chi connectivity index (χ2n) is 6.41. The molecule has 27 heavy (non-hydrogen) atoms. The van der Waals surface area contributed by atoms with E-state index in [1.165, 1.54) is 0 Å². The highest BCUT2D eigenvalue weighted by molar-refractivity contribution is 5.96. The number of furan rings is 1. The third kappa shape index (κ3) is 4.64. The van der Waals surface area contributed by atoms with Crippen LogP contribution in [0.15, 0.2) is 71.3 Å². The highest BCUT2D eigenvalue weighted by Crippen LogP contribution is 2.22. The van der Waals surface area contributed by atoms with Crippen LogP contribution in [0.3, 0.4) is 0 Å². The topological polar surface area (TPSA) is 71.3 Å². The second kappa shape index (κ2) is 8.36. The minimum atomic E-state index is -0.410. The molecule has 0 aliphatic heterocycles. The van der Waals surface area contributed by atoms with Gasteiger partial charge >= 0.3 is 0 Å². The van der Waals surface area contributed by atoms with Crippen LogP contribution in [0.2, 0.25) is 0 Å². The van der Waals surface area contributed by atoms with Crippen LogP contribution in [0.25, 0.3) is 0 Å². The lowest BCUT2D eigenvalue weighted by Gasteiger charge is -2.17. The number of hydrogen-bond acceptors (Lipinski definition) is 3. The first-order valence-electron chi connectivity index (χ1n) is 8.78. The molecule has 0 fully saturated rings. The smallest absolute Gasteiger partial charge is 0.251 e. The zero-order valence-corrected chi connectivity index (χ0v) is 15.4. The Labute approximate surface area is 158 Å². The van der Waals surface area contributed by atoms with E-state index in [4.69, 9.17) is 4.42 Å². The van der Waals surface area contributed by atoms with E-state index in [-0.39, 0.29) is 18.4 Å². The quantitative estimate of drug-likeness (QED) is 0.705. The summed E-state index contributed by atoms with van der Waals surface area (Å²) >= 11 is 0. The van der Waals surface area contributed by atoms with E-state index in [1.54, 1.807) is 18.4 Å². The van der Waals surface area contributed by atoms with E-state index < -0.39 is 6.04 Å². The van der Waals surface area contributed by atoms with Gasteiger partial charge in [0, 0.05) is 5.56 Å². The number of carbonyl (C=O) groups excluding carboxylic acids is 2. The summed E-state index contributed by atoms with van der Waals surface area (Å²) in [5.41, 5.74) is 3.60. The van der Waals surface area contributed by atoms with Gasteiger partial charge < -0.3 is 15.1 Å². The van der Waals surface area contributed by atoms with Gasteiger partial charge in [0.2, 0.25) is 5.91 Å². The van der Waals surface area contributed by atoms with Crippen molar-refractivity contribution < 1.29 is 14.0 Å². The molecule has 0 saturated heterocycles. The standard InChI is InChI=1S/C22H22N2O3/c1-15-10-11-18(13-16(15)2)22(26)23-14-20(25)24-21(19-9-6-12-27-19)17-7-4-3-5-8-17/h3-13,21H,14H2,1-2H3,(H,23,26)(H,24,25). The van der Waals surface area contributed by atoms with Crippen LogP contribution >= 0.6 is 0 Å². The summed E-state index contributed by atoms with van der Waals surface area (Å²) in [5.74, 6) is 0.0648. The van der Waals surface area contributed by atoms with Crippen molar-refractivity contribution >= 4 is 11.8 Å². The molecular formula is C22H22N2O3. The largest absolute Gasteiger partial charge is 0.467 e. The Balaban J connectivity index is 1.64. The molecule has 0 aliphatic carbocycles. The summed E-state index contributed by atoms with van der Waals surface area (Å²) in [6.45, 7) is 3.82. The number of nitrogens with one attached hydrogen (secondary N) is 2. The SMILES string of the molecule is Cc1ccc(C(=O)NCC(=O)NC(c2ccccc2)c2ccco2)cc1C. The van der Waals surface area contributed by atoms with Gasteiger partial charge in [-0.25, -0.2) is 0 Å². The van der Waals surface area contributed by atoms with E-state index in [0.717, 1.165) is 16.7 Å². The summed E-state index contributed by atoms with van der Waals surface area (Å²) in [6.07, 6.45) is 1.57. The van der Waals surface area contributed by atoms with E-state index >= 15 is 0 Å². The van der Waals surface area contributed by atoms with Gasteiger partial charge in [-0.1, -0.05) is 36.4 Å². The van der Waals surface area contributed by atoms with E-state index in [9.17, 15) is 9.59 Å². The molecule has 3 aromatic rings. The Morgan fingerprint density at radius 3 is 2.41 bits per heavy atom. The van der Waals surface area contributed by atoms with Crippen molar-refractivity contribution in [2.75, 3.05) is 6.54 Å². The predicted molar refractivity (Wildman–Crippen MR) is 103 cm³/mol. The molecular weight excluding hydrogens is 340 g/mol. The fourth-order valence-corrected chi connectivity index (χ4v) is 2.78. The minimum Gasteiger partial charge on any atom is -0.467 e. The maximum Gasteiger partial charge on any atom is 0.251 e. The van der Waals surface area contributed by atoms with Crippen molar-refractivity contribution in [2.45, 2.75) is 19.9 Å². The number of benzene rings is 2. The third-order valence-corrected chi connectivity index (χ3v) is 4.44. The first kappa shape index (κ1) is 18.5. The van der Waals surface area contributed by atoms with E-state index in [1.807, 2.05) is 62.4 Å². The van der Waals surface area contributed by atoms with Gasteiger partial charge in [-0.3, -0.25) is 9.59 Å². The highest BCUT2D eigenvalue weighted by atomic mass is 16.3. The van der Waals surface area contributed by atoms with Gasteiger partial charge in [0.25, 0.3) is 5.91 Å². The third-order valence-electron chi connectivity index (χ3n) is 4.44. The van der Waals surface area contributed by atoms with Gasteiger partial charge in [-0.2, -0.15) is 0 Å². The average Bonchev–Trinajstić information content (AvgIpc) is 3.21. The molecule has 138 valence electrons. The summed E-state index contributed by atoms with van der Waals surface area (Å²) in [5, 5.41) is 5.58. The molecule has 0 aliphatic rings. The van der Waals surface area contributed by atoms with Crippen molar-refractivity contribution in [2.24, 2.45) is 0 Å². The molecule has 2 amide bonds. The van der Waals surface area contributed by atoms with Crippen molar-refractivity contribution in [1.29, 1.82) is 0 Å². The molecule has 5 nitrogen and oxygen atoms in total. The molecule has 0 bridgehead atoms. The van der Waals surface area contributed by atoms with Crippen LogP contribution in [0, 0.1) is 13.8 Å². The number of rotatable bonds is 6. The Morgan fingerprint density at radius 2 is 1.74 bits per heavy atom. The molecule has 1 unspecified atom stereocenters. The molecule has 3 rings (SSSR count). The van der Waals surface area contributed by atoms with Gasteiger partial charge in [0.15, 0.2) is 0 Å². The Hall–Kier alpha value is -3.34. The molecule has 2 aromatic carbocycles. The van der Waals surface area contributed by atoms with Gasteiger partial charge in [0.05, 0.1) is 12.8 Å². The van der Waals surface area contributed by atoms with Crippen LogP contribution in [0.1, 0.15) is 38.9 Å². The lowest BCUT2D eigenvalue weighted by atomic mass is 10.0. The first-order valence-corrected chi connectivity index (χ1v) is 8.78. The fraction of sp³-hybridized carbons (Fsp3) is 0.182. The molecule has 1 heterocycles. The fourth-order valence-electron chi connectivity index (χ4n) is 2.78. The van der Waals surface area contributed by atoms with Crippen LogP contribution in [0.5, 0.6) is 0 Å². The van der Waals surface area contributed by atoms with E-state index in [2.05, 4.69) is 10.6 Å². The minimum absolute atomic E-state index is 0.115. The monoisotopic (exact) mass is 362 g/mol. The molecule has 0 saturated carbocycles. The van der Waals surface area contributed by atoms with Crippen molar-refractivity contribution in [1.82, 2.24) is 10.6 Å². The number of aryl methyl sites for hydroxylation is 2. The lowest BCUT2D eigenvalue weighted by Crippen LogP contribution is -2.39. The van der Waals surface area contributed by atoms with Gasteiger partial charge in [0.1, 0.15) is 11.8 Å². The molecule has 1 atom stereocenters. The average molecular weight is 362 g/mol. The summed E-state index contributed by atoms with van der Waals surface area (Å²) in [4.78, 5) is 24.7. The maximum atomic E-state index is 12.4. The van der Waals surface area contributed by atoms with Crippen LogP contribution in [-0.2, 0) is 4.79 Å². The molecule has 0 spiro atoms. The lowest BCUT2D eigenvalue weighted by molar-refractivity contribution is -0.120. The normalized spacial score (nSPS) is 11.6. The molecule has 0 radical (unpaired) electrons. The molecule has 1 aromatic heterocycles. The van der Waals surface area contributed by atoms with Gasteiger partial charge in [-0.15, -0.1) is 0 Å². The zero-order chi connectivity index (χ0) is 19.2. The summed E-state index contributed by atoms with van der Waals surface area (Å²) < 4.78 is 5.47. The number of carbonyl (C=O) groups is 2. The first-order chi connectivity index (χ1) is 13.0. The summed E-state index contributed by atoms with van der Waals surface area (Å²) in [7, 11) is 0. The Bertz CT molecular complexity index is 918. The Kier molecular flexibility index (Phi) is 5.71. The van der Waals surface area contributed by atoms with Crippen molar-refractivity contribution in [3.8, 4) is 0 Å².